The summed E-state index contributed by atoms with van der Waals surface area (Å²) in [4.78, 5) is 14.3. The lowest BCUT2D eigenvalue weighted by molar-refractivity contribution is -0.384. The van der Waals surface area contributed by atoms with Gasteiger partial charge in [0, 0.05) is 45.0 Å². The van der Waals surface area contributed by atoms with Crippen molar-refractivity contribution in [3.8, 4) is 5.75 Å². The van der Waals surface area contributed by atoms with E-state index in [0.29, 0.717) is 11.7 Å². The van der Waals surface area contributed by atoms with Crippen LogP contribution in [-0.4, -0.2) is 53.5 Å². The van der Waals surface area contributed by atoms with Gasteiger partial charge < -0.3 is 14.3 Å². The maximum atomic E-state index is 12.9. The summed E-state index contributed by atoms with van der Waals surface area (Å²) in [5, 5.41) is 10.7. The number of hydrogen-bond donors (Lipinski definition) is 0. The van der Waals surface area contributed by atoms with Crippen molar-refractivity contribution in [3.63, 3.8) is 0 Å². The average Bonchev–Trinajstić information content (AvgIpc) is 2.56. The van der Waals surface area contributed by atoms with Crippen molar-refractivity contribution in [2.45, 2.75) is 27.7 Å². The first-order valence-electron chi connectivity index (χ1n) is 8.39. The molecule has 1 unspecified atom stereocenters. The Morgan fingerprint density at radius 3 is 1.88 bits per heavy atom. The Morgan fingerprint density at radius 2 is 1.52 bits per heavy atom. The third-order valence-electron chi connectivity index (χ3n) is 3.69. The maximum Gasteiger partial charge on any atom is 0.361 e. The standard InChI is InChI=1S/C16H27N4O4P/c1-6-18(7-2)16(19(8-3)9-4)17-25(5,23)24-15-12-10-14(11-13-15)20(21)22/h10-13H,6-9H2,1-5H3. The lowest BCUT2D eigenvalue weighted by Crippen LogP contribution is -2.44. The molecule has 25 heavy (non-hydrogen) atoms. The number of nitrogens with zero attached hydrogens (tertiary/aromatic N) is 4. The van der Waals surface area contributed by atoms with Gasteiger partial charge in [0.2, 0.25) is 5.96 Å². The van der Waals surface area contributed by atoms with E-state index in [1.807, 2.05) is 37.5 Å². The molecule has 1 aromatic carbocycles. The third kappa shape index (κ3) is 6.05. The van der Waals surface area contributed by atoms with Gasteiger partial charge in [0.05, 0.1) is 4.92 Å². The molecule has 0 bridgehead atoms. The van der Waals surface area contributed by atoms with E-state index in [0.717, 1.165) is 26.2 Å². The highest BCUT2D eigenvalue weighted by atomic mass is 31.2. The highest BCUT2D eigenvalue weighted by Crippen LogP contribution is 2.45. The van der Waals surface area contributed by atoms with Crippen LogP contribution in [0.15, 0.2) is 29.0 Å². The predicted octanol–water partition coefficient (Wildman–Crippen LogP) is 3.84. The minimum absolute atomic E-state index is 0.0474. The van der Waals surface area contributed by atoms with E-state index >= 15 is 0 Å². The van der Waals surface area contributed by atoms with Crippen LogP contribution in [-0.2, 0) is 4.57 Å². The molecule has 0 aliphatic heterocycles. The molecular weight excluding hydrogens is 343 g/mol. The molecule has 8 nitrogen and oxygen atoms in total. The zero-order valence-electron chi connectivity index (χ0n) is 15.5. The van der Waals surface area contributed by atoms with Gasteiger partial charge in [0.25, 0.3) is 5.69 Å². The number of nitro benzene ring substituents is 1. The van der Waals surface area contributed by atoms with Crippen LogP contribution in [0, 0.1) is 10.1 Å². The molecule has 0 radical (unpaired) electrons. The van der Waals surface area contributed by atoms with Crippen molar-refractivity contribution < 1.29 is 14.0 Å². The Kier molecular flexibility index (Phi) is 7.90. The highest BCUT2D eigenvalue weighted by Gasteiger charge is 2.23. The van der Waals surface area contributed by atoms with E-state index < -0.39 is 12.4 Å². The van der Waals surface area contributed by atoms with E-state index in [1.54, 1.807) is 0 Å². The molecule has 0 amide bonds. The lowest BCUT2D eigenvalue weighted by Gasteiger charge is -2.32. The zero-order chi connectivity index (χ0) is 19.0. The molecule has 140 valence electrons. The Balaban J connectivity index is 3.11. The number of benzene rings is 1. The van der Waals surface area contributed by atoms with Crippen LogP contribution in [0.2, 0.25) is 0 Å². The fourth-order valence-electron chi connectivity index (χ4n) is 2.35. The molecule has 0 heterocycles. The first kappa shape index (κ1) is 21.0. The van der Waals surface area contributed by atoms with Gasteiger partial charge in [-0.1, -0.05) is 0 Å². The summed E-state index contributed by atoms with van der Waals surface area (Å²) in [5.74, 6) is 0.932. The summed E-state index contributed by atoms with van der Waals surface area (Å²) in [6, 6.07) is 5.49. The van der Waals surface area contributed by atoms with E-state index in [-0.39, 0.29) is 5.69 Å². The molecule has 0 fully saturated rings. The zero-order valence-corrected chi connectivity index (χ0v) is 16.4. The highest BCUT2D eigenvalue weighted by molar-refractivity contribution is 7.57. The molecule has 0 saturated carbocycles. The number of guanidine groups is 1. The van der Waals surface area contributed by atoms with Crippen molar-refractivity contribution in [1.82, 2.24) is 9.80 Å². The first-order chi connectivity index (χ1) is 11.8. The van der Waals surface area contributed by atoms with Crippen LogP contribution < -0.4 is 4.52 Å². The average molecular weight is 370 g/mol. The van der Waals surface area contributed by atoms with Crippen LogP contribution in [0.5, 0.6) is 5.75 Å². The van der Waals surface area contributed by atoms with Crippen molar-refractivity contribution >= 4 is 19.2 Å². The smallest absolute Gasteiger partial charge is 0.361 e. The molecule has 0 aromatic heterocycles. The molecule has 1 rings (SSSR count). The second-order valence-electron chi connectivity index (χ2n) is 5.39. The third-order valence-corrected chi connectivity index (χ3v) is 4.78. The van der Waals surface area contributed by atoms with Gasteiger partial charge in [0.15, 0.2) is 0 Å². The van der Waals surface area contributed by atoms with Crippen LogP contribution in [0.4, 0.5) is 5.69 Å². The predicted molar refractivity (Wildman–Crippen MR) is 101 cm³/mol. The molecule has 0 spiro atoms. The minimum Gasteiger partial charge on any atom is -0.428 e. The molecule has 1 atom stereocenters. The molecule has 1 aromatic rings. The maximum absolute atomic E-state index is 12.9. The summed E-state index contributed by atoms with van der Waals surface area (Å²) in [7, 11) is -3.34. The second kappa shape index (κ2) is 9.42. The molecule has 0 N–H and O–H groups in total. The SMILES string of the molecule is CCN(CC)C(=NP(C)(=O)Oc1ccc([N+](=O)[O-])cc1)N(CC)CC. The molecule has 0 saturated heterocycles. The second-order valence-corrected chi connectivity index (χ2v) is 7.38. The van der Waals surface area contributed by atoms with Crippen molar-refractivity contribution in [2.75, 3.05) is 32.8 Å². The number of rotatable bonds is 8. The van der Waals surface area contributed by atoms with E-state index in [2.05, 4.69) is 4.76 Å². The van der Waals surface area contributed by atoms with Gasteiger partial charge in [-0.05, 0) is 39.8 Å². The first-order valence-corrected chi connectivity index (χ1v) is 10.4. The fraction of sp³-hybridized carbons (Fsp3) is 0.562. The van der Waals surface area contributed by atoms with Crippen molar-refractivity contribution in [1.29, 1.82) is 0 Å². The van der Waals surface area contributed by atoms with Crippen LogP contribution in [0.25, 0.3) is 0 Å². The van der Waals surface area contributed by atoms with Gasteiger partial charge >= 0.3 is 7.52 Å². The summed E-state index contributed by atoms with van der Waals surface area (Å²) in [5.41, 5.74) is -0.0474. The summed E-state index contributed by atoms with van der Waals surface area (Å²) in [6.07, 6.45) is 0. The largest absolute Gasteiger partial charge is 0.428 e. The molecule has 0 aliphatic carbocycles. The summed E-state index contributed by atoms with van der Waals surface area (Å²) < 4.78 is 22.8. The van der Waals surface area contributed by atoms with Gasteiger partial charge in [-0.3, -0.25) is 14.7 Å². The minimum atomic E-state index is -3.34. The van der Waals surface area contributed by atoms with E-state index in [9.17, 15) is 14.7 Å². The van der Waals surface area contributed by atoms with Crippen LogP contribution in [0.3, 0.4) is 0 Å². The van der Waals surface area contributed by atoms with Crippen molar-refractivity contribution in [2.24, 2.45) is 4.76 Å². The number of hydrogen-bond acceptors (Lipinski definition) is 4. The summed E-state index contributed by atoms with van der Waals surface area (Å²) in [6.45, 7) is 12.5. The molecule has 9 heteroatoms. The number of non-ortho nitro benzene ring substituents is 1. The Hall–Kier alpha value is -2.08. The van der Waals surface area contributed by atoms with Gasteiger partial charge in [0.1, 0.15) is 5.75 Å². The topological polar surface area (TPSA) is 88.3 Å². The lowest BCUT2D eigenvalue weighted by atomic mass is 10.3. The van der Waals surface area contributed by atoms with E-state index in [1.165, 1.54) is 30.9 Å². The Morgan fingerprint density at radius 1 is 1.08 bits per heavy atom. The molecule has 0 aliphatic rings. The van der Waals surface area contributed by atoms with Crippen LogP contribution in [0.1, 0.15) is 27.7 Å². The Bertz CT molecular complexity index is 626. The van der Waals surface area contributed by atoms with Crippen LogP contribution >= 0.6 is 7.52 Å². The van der Waals surface area contributed by atoms with Gasteiger partial charge in [-0.15, -0.1) is 0 Å². The molecular formula is C16H27N4O4P. The number of nitro groups is 1. The van der Waals surface area contributed by atoms with Crippen molar-refractivity contribution in [3.05, 3.63) is 34.4 Å². The summed E-state index contributed by atoms with van der Waals surface area (Å²) >= 11 is 0. The van der Waals surface area contributed by atoms with Gasteiger partial charge in [-0.25, -0.2) is 0 Å². The van der Waals surface area contributed by atoms with Gasteiger partial charge in [-0.2, -0.15) is 4.76 Å². The quantitative estimate of drug-likeness (QED) is 0.227. The fourth-order valence-corrected chi connectivity index (χ4v) is 3.48. The Labute approximate surface area is 149 Å². The normalized spacial score (nSPS) is 12.8. The monoisotopic (exact) mass is 370 g/mol. The van der Waals surface area contributed by atoms with E-state index in [4.69, 9.17) is 4.52 Å².